The summed E-state index contributed by atoms with van der Waals surface area (Å²) < 4.78 is 11.4. The Hall–Kier alpha value is -2.55. The van der Waals surface area contributed by atoms with Crippen molar-refractivity contribution in [2.24, 2.45) is 17.8 Å². The molecule has 0 heterocycles. The largest absolute Gasteiger partial charge is 0.494 e. The van der Waals surface area contributed by atoms with Gasteiger partial charge in [0.1, 0.15) is 11.5 Å². The zero-order valence-electron chi connectivity index (χ0n) is 21.1. The van der Waals surface area contributed by atoms with E-state index in [1.54, 1.807) is 12.1 Å². The molecule has 0 aliphatic heterocycles. The van der Waals surface area contributed by atoms with Gasteiger partial charge in [0.15, 0.2) is 0 Å². The van der Waals surface area contributed by atoms with Crippen LogP contribution in [0.4, 0.5) is 0 Å². The van der Waals surface area contributed by atoms with Crippen molar-refractivity contribution in [2.75, 3.05) is 6.61 Å². The van der Waals surface area contributed by atoms with Crippen molar-refractivity contribution < 1.29 is 14.3 Å². The van der Waals surface area contributed by atoms with Crippen LogP contribution in [0, 0.1) is 17.8 Å². The van der Waals surface area contributed by atoms with Crippen molar-refractivity contribution in [3.05, 3.63) is 72.3 Å². The lowest BCUT2D eigenvalue weighted by Crippen LogP contribution is -2.14. The second-order valence-corrected chi connectivity index (χ2v) is 10.0. The molecule has 3 heteroatoms. The summed E-state index contributed by atoms with van der Waals surface area (Å²) in [6.45, 7) is 9.07. The fraction of sp³-hybridized carbons (Fsp3) is 0.516. The second kappa shape index (κ2) is 14.0. The van der Waals surface area contributed by atoms with E-state index in [4.69, 9.17) is 9.47 Å². The van der Waals surface area contributed by atoms with E-state index in [0.29, 0.717) is 17.9 Å². The average molecular weight is 463 g/mol. The molecule has 0 N–H and O–H groups in total. The quantitative estimate of drug-likeness (QED) is 0.130. The molecule has 0 amide bonds. The van der Waals surface area contributed by atoms with E-state index in [-0.39, 0.29) is 5.97 Å². The van der Waals surface area contributed by atoms with Gasteiger partial charge in [0.2, 0.25) is 0 Å². The summed E-state index contributed by atoms with van der Waals surface area (Å²) >= 11 is 0. The zero-order valence-corrected chi connectivity index (χ0v) is 21.1. The van der Waals surface area contributed by atoms with E-state index in [9.17, 15) is 4.79 Å². The summed E-state index contributed by atoms with van der Waals surface area (Å²) in [7, 11) is 0. The van der Waals surface area contributed by atoms with Crippen LogP contribution < -0.4 is 9.47 Å². The van der Waals surface area contributed by atoms with Gasteiger partial charge in [-0.1, -0.05) is 51.3 Å². The van der Waals surface area contributed by atoms with E-state index in [1.807, 2.05) is 24.3 Å². The maximum atomic E-state index is 12.5. The predicted molar refractivity (Wildman–Crippen MR) is 141 cm³/mol. The summed E-state index contributed by atoms with van der Waals surface area (Å²) in [6.07, 6.45) is 14.4. The molecule has 0 spiro atoms. The van der Waals surface area contributed by atoms with Gasteiger partial charge in [0.25, 0.3) is 0 Å². The van der Waals surface area contributed by atoms with Crippen molar-refractivity contribution >= 4 is 5.97 Å². The molecule has 34 heavy (non-hydrogen) atoms. The lowest BCUT2D eigenvalue weighted by Gasteiger charge is -2.27. The van der Waals surface area contributed by atoms with Crippen molar-refractivity contribution in [3.8, 4) is 11.5 Å². The van der Waals surface area contributed by atoms with Crippen LogP contribution in [0.1, 0.15) is 87.6 Å². The van der Waals surface area contributed by atoms with E-state index in [1.165, 1.54) is 56.9 Å². The Morgan fingerprint density at radius 2 is 1.65 bits per heavy atom. The fourth-order valence-corrected chi connectivity index (χ4v) is 4.77. The number of ether oxygens (including phenoxy) is 2. The molecule has 1 unspecified atom stereocenters. The van der Waals surface area contributed by atoms with Gasteiger partial charge in [0.05, 0.1) is 12.2 Å². The first kappa shape index (κ1) is 26.1. The Morgan fingerprint density at radius 3 is 2.29 bits per heavy atom. The van der Waals surface area contributed by atoms with Crippen LogP contribution in [-0.4, -0.2) is 12.6 Å². The molecule has 0 bridgehead atoms. The highest BCUT2D eigenvalue weighted by molar-refractivity contribution is 5.91. The Bertz CT molecular complexity index is 861. The Morgan fingerprint density at radius 1 is 1.00 bits per heavy atom. The normalized spacial score (nSPS) is 18.8. The molecular formula is C31H42O3. The number of allylic oxidation sites excluding steroid dienone is 1. The highest BCUT2D eigenvalue weighted by atomic mass is 16.5. The summed E-state index contributed by atoms with van der Waals surface area (Å²) in [4.78, 5) is 12.5. The van der Waals surface area contributed by atoms with Crippen LogP contribution in [0.3, 0.4) is 0 Å². The number of benzene rings is 2. The minimum Gasteiger partial charge on any atom is -0.494 e. The van der Waals surface area contributed by atoms with Gasteiger partial charge in [-0.2, -0.15) is 0 Å². The maximum Gasteiger partial charge on any atom is 0.343 e. The summed E-state index contributed by atoms with van der Waals surface area (Å²) in [5.74, 6) is 3.47. The first-order chi connectivity index (χ1) is 16.6. The lowest BCUT2D eigenvalue weighted by atomic mass is 9.78. The third-order valence-electron chi connectivity index (χ3n) is 7.34. The summed E-state index contributed by atoms with van der Waals surface area (Å²) in [6, 6.07) is 15.2. The van der Waals surface area contributed by atoms with E-state index in [0.717, 1.165) is 36.3 Å². The number of aryl methyl sites for hydroxylation is 1. The number of esters is 1. The van der Waals surface area contributed by atoms with Crippen molar-refractivity contribution in [3.63, 3.8) is 0 Å². The van der Waals surface area contributed by atoms with Crippen LogP contribution in [0.25, 0.3) is 0 Å². The average Bonchev–Trinajstić information content (AvgIpc) is 2.87. The van der Waals surface area contributed by atoms with Crippen molar-refractivity contribution in [2.45, 2.75) is 78.1 Å². The summed E-state index contributed by atoms with van der Waals surface area (Å²) in [5.41, 5.74) is 1.84. The van der Waals surface area contributed by atoms with Crippen LogP contribution >= 0.6 is 0 Å². The standard InChI is InChI=1S/C31H42O3/c1-4-7-25-9-11-26(12-10-25)13-14-27-15-19-30(20-16-27)34-31(32)28-17-21-29(22-18-28)33-23-6-8-24(3)5-2/h4,15-22,24-26H,1,5-14,23H2,2-3H3. The molecule has 3 nitrogen and oxygen atoms in total. The SMILES string of the molecule is C=CCC1CCC(CCc2ccc(OC(=O)c3ccc(OCCCC(C)CC)cc3)cc2)CC1. The Balaban J connectivity index is 1.39. The molecule has 0 radical (unpaired) electrons. The van der Waals surface area contributed by atoms with Crippen LogP contribution in [0.15, 0.2) is 61.2 Å². The van der Waals surface area contributed by atoms with Gasteiger partial charge in [0, 0.05) is 0 Å². The minimum absolute atomic E-state index is 0.340. The molecule has 1 saturated carbocycles. The van der Waals surface area contributed by atoms with Gasteiger partial charge in [-0.25, -0.2) is 4.79 Å². The molecule has 2 aromatic rings. The number of carbonyl (C=O) groups is 1. The molecule has 0 saturated heterocycles. The minimum atomic E-state index is -0.340. The first-order valence-corrected chi connectivity index (χ1v) is 13.2. The van der Waals surface area contributed by atoms with Crippen LogP contribution in [-0.2, 0) is 6.42 Å². The number of carbonyl (C=O) groups excluding carboxylic acids is 1. The van der Waals surface area contributed by atoms with Gasteiger partial charge in [-0.05, 0) is 105 Å². The molecule has 1 fully saturated rings. The molecule has 0 aromatic heterocycles. The monoisotopic (exact) mass is 462 g/mol. The second-order valence-electron chi connectivity index (χ2n) is 10.0. The number of hydrogen-bond donors (Lipinski definition) is 0. The fourth-order valence-electron chi connectivity index (χ4n) is 4.77. The molecule has 1 aliphatic carbocycles. The van der Waals surface area contributed by atoms with Gasteiger partial charge in [-0.15, -0.1) is 6.58 Å². The van der Waals surface area contributed by atoms with Crippen LogP contribution in [0.2, 0.25) is 0 Å². The molecule has 184 valence electrons. The first-order valence-electron chi connectivity index (χ1n) is 13.2. The van der Waals surface area contributed by atoms with Gasteiger partial charge >= 0.3 is 5.97 Å². The third kappa shape index (κ3) is 8.66. The van der Waals surface area contributed by atoms with Crippen molar-refractivity contribution in [1.29, 1.82) is 0 Å². The molecular weight excluding hydrogens is 420 g/mol. The predicted octanol–water partition coefficient (Wildman–Crippen LogP) is 8.43. The van der Waals surface area contributed by atoms with Crippen LogP contribution in [0.5, 0.6) is 11.5 Å². The van der Waals surface area contributed by atoms with Gasteiger partial charge < -0.3 is 9.47 Å². The molecule has 1 aliphatic rings. The van der Waals surface area contributed by atoms with Gasteiger partial charge in [-0.3, -0.25) is 0 Å². The molecule has 1 atom stereocenters. The van der Waals surface area contributed by atoms with E-state index >= 15 is 0 Å². The number of hydrogen-bond acceptors (Lipinski definition) is 3. The zero-order chi connectivity index (χ0) is 24.2. The highest BCUT2D eigenvalue weighted by Crippen LogP contribution is 2.33. The highest BCUT2D eigenvalue weighted by Gasteiger charge is 2.20. The Kier molecular flexibility index (Phi) is 10.7. The topological polar surface area (TPSA) is 35.5 Å². The maximum absolute atomic E-state index is 12.5. The Labute approximate surface area is 206 Å². The van der Waals surface area contributed by atoms with E-state index in [2.05, 4.69) is 38.6 Å². The summed E-state index contributed by atoms with van der Waals surface area (Å²) in [5, 5.41) is 0. The van der Waals surface area contributed by atoms with E-state index < -0.39 is 0 Å². The molecule has 3 rings (SSSR count). The number of rotatable bonds is 13. The molecule has 2 aromatic carbocycles. The lowest BCUT2D eigenvalue weighted by molar-refractivity contribution is 0.0734. The third-order valence-corrected chi connectivity index (χ3v) is 7.34. The smallest absolute Gasteiger partial charge is 0.343 e. The van der Waals surface area contributed by atoms with Crippen molar-refractivity contribution in [1.82, 2.24) is 0 Å².